The highest BCUT2D eigenvalue weighted by Gasteiger charge is 2.26. The summed E-state index contributed by atoms with van der Waals surface area (Å²) in [6, 6.07) is 0. The molecule has 0 radical (unpaired) electrons. The molecule has 1 unspecified atom stereocenters. The second-order valence-electron chi connectivity index (χ2n) is 2.92. The zero-order chi connectivity index (χ0) is 9.26. The van der Waals surface area contributed by atoms with Gasteiger partial charge in [-0.2, -0.15) is 11.8 Å². The molecule has 0 bridgehead atoms. The summed E-state index contributed by atoms with van der Waals surface area (Å²) in [7, 11) is 0. The first-order chi connectivity index (χ1) is 6.29. The largest absolute Gasteiger partial charge is 0.475 e. The van der Waals surface area contributed by atoms with Crippen LogP contribution in [0.2, 0.25) is 0 Å². The first-order valence-electron chi connectivity index (χ1n) is 4.08. The van der Waals surface area contributed by atoms with Crippen molar-refractivity contribution < 1.29 is 14.4 Å². The van der Waals surface area contributed by atoms with Gasteiger partial charge < -0.3 is 9.63 Å². The van der Waals surface area contributed by atoms with Gasteiger partial charge in [0.1, 0.15) is 0 Å². The fourth-order valence-electron chi connectivity index (χ4n) is 1.46. The molecule has 1 N–H and O–H groups in total. The first-order valence-corrected chi connectivity index (χ1v) is 5.13. The molecule has 1 aromatic rings. The molecule has 70 valence electrons. The summed E-state index contributed by atoms with van der Waals surface area (Å²) in [5, 5.41) is 12.6. The summed E-state index contributed by atoms with van der Waals surface area (Å²) < 4.78 is 4.68. The van der Waals surface area contributed by atoms with Crippen LogP contribution in [0.1, 0.15) is 34.2 Å². The Morgan fingerprint density at radius 3 is 3.23 bits per heavy atom. The summed E-state index contributed by atoms with van der Waals surface area (Å²) in [4.78, 5) is 10.7. The van der Waals surface area contributed by atoms with E-state index in [2.05, 4.69) is 9.68 Å². The van der Waals surface area contributed by atoms with Crippen molar-refractivity contribution >= 4 is 17.7 Å². The van der Waals surface area contributed by atoms with E-state index in [9.17, 15) is 4.79 Å². The summed E-state index contributed by atoms with van der Waals surface area (Å²) in [6.45, 7) is 0. The van der Waals surface area contributed by atoms with E-state index in [1.807, 2.05) is 0 Å². The number of hydrogen-bond acceptors (Lipinski definition) is 4. The molecule has 1 fully saturated rings. The highest BCUT2D eigenvalue weighted by Crippen LogP contribution is 2.40. The van der Waals surface area contributed by atoms with E-state index in [0.717, 1.165) is 24.2 Å². The molecule has 1 atom stereocenters. The number of aromatic carboxylic acids is 1. The molecule has 2 rings (SSSR count). The van der Waals surface area contributed by atoms with E-state index < -0.39 is 5.97 Å². The third kappa shape index (κ3) is 1.56. The Balaban J connectivity index is 2.28. The van der Waals surface area contributed by atoms with Gasteiger partial charge in [-0.05, 0) is 18.6 Å². The Hall–Kier alpha value is -0.970. The van der Waals surface area contributed by atoms with Gasteiger partial charge in [0.25, 0.3) is 0 Å². The average Bonchev–Trinajstić information content (AvgIpc) is 2.74. The number of aromatic nitrogens is 1. The van der Waals surface area contributed by atoms with Gasteiger partial charge in [-0.3, -0.25) is 0 Å². The van der Waals surface area contributed by atoms with Gasteiger partial charge in [0.05, 0.1) is 6.20 Å². The molecular weight excluding hydrogens is 190 g/mol. The predicted octanol–water partition coefficient (Wildman–Crippen LogP) is 1.94. The summed E-state index contributed by atoms with van der Waals surface area (Å²) in [6.07, 6.45) is 3.68. The van der Waals surface area contributed by atoms with Crippen LogP contribution in [0.4, 0.5) is 0 Å². The maximum atomic E-state index is 10.7. The number of rotatable bonds is 2. The molecule has 5 heteroatoms. The Bertz CT molecular complexity index is 317. The lowest BCUT2D eigenvalue weighted by atomic mass is 10.1. The lowest BCUT2D eigenvalue weighted by Crippen LogP contribution is -2.00. The van der Waals surface area contributed by atoms with Crippen LogP contribution in [0.5, 0.6) is 0 Å². The van der Waals surface area contributed by atoms with Crippen LogP contribution < -0.4 is 0 Å². The van der Waals surface area contributed by atoms with Crippen molar-refractivity contribution in [2.24, 2.45) is 0 Å². The van der Waals surface area contributed by atoms with Crippen molar-refractivity contribution in [1.82, 2.24) is 5.16 Å². The maximum absolute atomic E-state index is 10.7. The first kappa shape index (κ1) is 8.62. The molecular formula is C8H9NO3S. The van der Waals surface area contributed by atoms with Crippen molar-refractivity contribution in [1.29, 1.82) is 0 Å². The molecule has 1 saturated heterocycles. The van der Waals surface area contributed by atoms with E-state index in [0.29, 0.717) is 0 Å². The Morgan fingerprint density at radius 2 is 2.62 bits per heavy atom. The SMILES string of the molecule is O=C(O)c1oncc1C1CCCS1. The standard InChI is InChI=1S/C8H9NO3S/c10-8(11)7-5(4-9-12-7)6-2-1-3-13-6/h4,6H,1-3H2,(H,10,11). The van der Waals surface area contributed by atoms with Crippen molar-refractivity contribution in [3.05, 3.63) is 17.5 Å². The minimum absolute atomic E-state index is 0.000556. The molecule has 0 aromatic carbocycles. The molecule has 0 saturated carbocycles. The summed E-state index contributed by atoms with van der Waals surface area (Å²) >= 11 is 1.77. The van der Waals surface area contributed by atoms with Crippen LogP contribution in [0.25, 0.3) is 0 Å². The molecule has 13 heavy (non-hydrogen) atoms. The third-order valence-corrected chi connectivity index (χ3v) is 3.49. The van der Waals surface area contributed by atoms with Crippen LogP contribution in [0, 0.1) is 0 Å². The van der Waals surface area contributed by atoms with Crippen LogP contribution in [0.15, 0.2) is 10.7 Å². The minimum Gasteiger partial charge on any atom is -0.475 e. The highest BCUT2D eigenvalue weighted by molar-refractivity contribution is 7.99. The summed E-state index contributed by atoms with van der Waals surface area (Å²) in [5.74, 6) is 0.0638. The zero-order valence-corrected chi connectivity index (χ0v) is 7.71. The topological polar surface area (TPSA) is 63.3 Å². The molecule has 2 heterocycles. The number of carboxylic acid groups (broad SMARTS) is 1. The lowest BCUT2D eigenvalue weighted by Gasteiger charge is -2.03. The highest BCUT2D eigenvalue weighted by atomic mass is 32.2. The molecule has 1 aliphatic rings. The predicted molar refractivity (Wildman–Crippen MR) is 47.9 cm³/mol. The van der Waals surface area contributed by atoms with Crippen LogP contribution >= 0.6 is 11.8 Å². The van der Waals surface area contributed by atoms with Gasteiger partial charge in [-0.25, -0.2) is 4.79 Å². The second-order valence-corrected chi connectivity index (χ2v) is 4.23. The van der Waals surface area contributed by atoms with Crippen LogP contribution in [-0.4, -0.2) is 22.0 Å². The monoisotopic (exact) mass is 199 g/mol. The van der Waals surface area contributed by atoms with Crippen molar-refractivity contribution in [2.75, 3.05) is 5.75 Å². The van der Waals surface area contributed by atoms with Crippen molar-refractivity contribution in [2.45, 2.75) is 18.1 Å². The smallest absolute Gasteiger partial charge is 0.375 e. The van der Waals surface area contributed by atoms with Gasteiger partial charge in [-0.15, -0.1) is 0 Å². The van der Waals surface area contributed by atoms with Gasteiger partial charge in [-0.1, -0.05) is 5.16 Å². The van der Waals surface area contributed by atoms with E-state index >= 15 is 0 Å². The second kappa shape index (κ2) is 3.41. The minimum atomic E-state index is -1.03. The third-order valence-electron chi connectivity index (χ3n) is 2.07. The number of thioether (sulfide) groups is 1. The summed E-state index contributed by atoms with van der Waals surface area (Å²) in [5.41, 5.74) is 0.731. The Labute approximate surface area is 79.3 Å². The van der Waals surface area contributed by atoms with Gasteiger partial charge >= 0.3 is 5.97 Å². The van der Waals surface area contributed by atoms with Gasteiger partial charge in [0.15, 0.2) is 0 Å². The molecule has 1 aliphatic heterocycles. The number of carboxylic acids is 1. The normalized spacial score (nSPS) is 22.0. The molecule has 0 spiro atoms. The van der Waals surface area contributed by atoms with E-state index in [1.54, 1.807) is 11.8 Å². The van der Waals surface area contributed by atoms with Gasteiger partial charge in [0.2, 0.25) is 5.76 Å². The molecule has 1 aromatic heterocycles. The number of hydrogen-bond donors (Lipinski definition) is 1. The lowest BCUT2D eigenvalue weighted by molar-refractivity contribution is 0.0650. The van der Waals surface area contributed by atoms with E-state index in [1.165, 1.54) is 6.20 Å². The van der Waals surface area contributed by atoms with E-state index in [-0.39, 0.29) is 11.0 Å². The Kier molecular flexibility index (Phi) is 2.26. The molecule has 0 amide bonds. The molecule has 4 nitrogen and oxygen atoms in total. The molecule has 0 aliphatic carbocycles. The van der Waals surface area contributed by atoms with E-state index in [4.69, 9.17) is 5.11 Å². The maximum Gasteiger partial charge on any atom is 0.375 e. The zero-order valence-electron chi connectivity index (χ0n) is 6.90. The van der Waals surface area contributed by atoms with Crippen LogP contribution in [0.3, 0.4) is 0 Å². The Morgan fingerprint density at radius 1 is 1.77 bits per heavy atom. The fourth-order valence-corrected chi connectivity index (χ4v) is 2.76. The van der Waals surface area contributed by atoms with Gasteiger partial charge in [0, 0.05) is 10.8 Å². The number of carbonyl (C=O) groups is 1. The number of nitrogens with zero attached hydrogens (tertiary/aromatic N) is 1. The quantitative estimate of drug-likeness (QED) is 0.788. The van der Waals surface area contributed by atoms with Crippen molar-refractivity contribution in [3.63, 3.8) is 0 Å². The fraction of sp³-hybridized carbons (Fsp3) is 0.500. The van der Waals surface area contributed by atoms with Crippen molar-refractivity contribution in [3.8, 4) is 0 Å². The van der Waals surface area contributed by atoms with Crippen LogP contribution in [-0.2, 0) is 0 Å². The average molecular weight is 199 g/mol.